The van der Waals surface area contributed by atoms with E-state index in [2.05, 4.69) is 25.8 Å². The van der Waals surface area contributed by atoms with Crippen LogP contribution in [0.3, 0.4) is 0 Å². The zero-order valence-corrected chi connectivity index (χ0v) is 12.8. The molecule has 1 N–H and O–H groups in total. The molecule has 0 radical (unpaired) electrons. The molecule has 0 saturated heterocycles. The molecule has 1 aromatic heterocycles. The van der Waals surface area contributed by atoms with Gasteiger partial charge in [-0.05, 0) is 33.6 Å². The molecule has 1 heterocycles. The van der Waals surface area contributed by atoms with E-state index >= 15 is 0 Å². The maximum atomic E-state index is 12.4. The summed E-state index contributed by atoms with van der Waals surface area (Å²) in [5, 5.41) is 14.4. The number of hydrogen-bond donors (Lipinski definition) is 1. The molecule has 1 aromatic carbocycles. The van der Waals surface area contributed by atoms with Crippen LogP contribution in [-0.4, -0.2) is 28.6 Å². The molecular weight excluding hydrogens is 350 g/mol. The van der Waals surface area contributed by atoms with Gasteiger partial charge in [-0.1, -0.05) is 6.07 Å². The second-order valence-electron chi connectivity index (χ2n) is 4.19. The predicted octanol–water partition coefficient (Wildman–Crippen LogP) is 2.87. The first kappa shape index (κ1) is 15.7. The van der Waals surface area contributed by atoms with Gasteiger partial charge in [0.2, 0.25) is 0 Å². The van der Waals surface area contributed by atoms with Gasteiger partial charge in [-0.25, -0.2) is 0 Å². The third kappa shape index (κ3) is 3.33. The largest absolute Gasteiger partial charge is 0.493 e. The number of aliphatic hydroxyl groups is 1. The van der Waals surface area contributed by atoms with Gasteiger partial charge in [0, 0.05) is 7.05 Å². The molecule has 0 aliphatic rings. The fraction of sp³-hybridized carbons (Fsp3) is 0.308. The lowest BCUT2D eigenvalue weighted by molar-refractivity contribution is -0.0513. The third-order valence-electron chi connectivity index (χ3n) is 2.92. The average Bonchev–Trinajstić information content (AvgIpc) is 2.76. The summed E-state index contributed by atoms with van der Waals surface area (Å²) in [5.74, 6) is 0.0256. The molecule has 8 heteroatoms. The number of halogens is 3. The Balaban J connectivity index is 2.40. The molecule has 0 aliphatic heterocycles. The summed E-state index contributed by atoms with van der Waals surface area (Å²) in [4.78, 5) is 0. The summed E-state index contributed by atoms with van der Waals surface area (Å²) >= 11 is 3.28. The highest BCUT2D eigenvalue weighted by Crippen LogP contribution is 2.35. The van der Waals surface area contributed by atoms with Crippen molar-refractivity contribution in [1.82, 2.24) is 9.78 Å². The molecule has 0 spiro atoms. The summed E-state index contributed by atoms with van der Waals surface area (Å²) in [6, 6.07) is 4.34. The van der Waals surface area contributed by atoms with E-state index in [0.717, 1.165) is 0 Å². The minimum atomic E-state index is -2.98. The van der Waals surface area contributed by atoms with Gasteiger partial charge < -0.3 is 14.6 Å². The highest BCUT2D eigenvalue weighted by atomic mass is 79.9. The number of rotatable bonds is 5. The van der Waals surface area contributed by atoms with E-state index in [0.29, 0.717) is 15.7 Å². The van der Waals surface area contributed by atoms with Crippen molar-refractivity contribution in [3.05, 3.63) is 40.1 Å². The lowest BCUT2D eigenvalue weighted by Gasteiger charge is -2.16. The van der Waals surface area contributed by atoms with Crippen LogP contribution in [0.25, 0.3) is 0 Å². The van der Waals surface area contributed by atoms with Gasteiger partial charge in [-0.3, -0.25) is 4.68 Å². The Labute approximate surface area is 128 Å². The van der Waals surface area contributed by atoms with Crippen molar-refractivity contribution in [2.75, 3.05) is 7.11 Å². The molecule has 1 atom stereocenters. The number of aromatic nitrogens is 2. The van der Waals surface area contributed by atoms with E-state index in [1.807, 2.05) is 0 Å². The number of benzene rings is 1. The van der Waals surface area contributed by atoms with Crippen LogP contribution in [0.1, 0.15) is 17.4 Å². The molecule has 114 valence electrons. The fourth-order valence-corrected chi connectivity index (χ4v) is 2.50. The Bertz CT molecular complexity index is 614. The lowest BCUT2D eigenvalue weighted by atomic mass is 10.1. The van der Waals surface area contributed by atoms with E-state index in [9.17, 15) is 13.9 Å². The standard InChI is InChI=1S/C13H13BrF2N2O3/c1-18-11(8(14)6-17-18)12(19)7-3-4-9(20-2)10(5-7)21-13(15)16/h3-6,12-13,19H,1-2H3. The number of hydrogen-bond acceptors (Lipinski definition) is 4. The van der Waals surface area contributed by atoms with Crippen molar-refractivity contribution in [2.45, 2.75) is 12.7 Å². The van der Waals surface area contributed by atoms with Crippen LogP contribution in [0.15, 0.2) is 28.9 Å². The Morgan fingerprint density at radius 3 is 2.57 bits per heavy atom. The Kier molecular flexibility index (Phi) is 4.79. The molecule has 2 aromatic rings. The third-order valence-corrected chi connectivity index (χ3v) is 3.53. The van der Waals surface area contributed by atoms with Crippen LogP contribution in [-0.2, 0) is 7.05 Å². The first-order valence-corrected chi connectivity index (χ1v) is 6.71. The number of aliphatic hydroxyl groups excluding tert-OH is 1. The van der Waals surface area contributed by atoms with Crippen LogP contribution in [0, 0.1) is 0 Å². The highest BCUT2D eigenvalue weighted by Gasteiger charge is 2.20. The van der Waals surface area contributed by atoms with Gasteiger partial charge >= 0.3 is 6.61 Å². The normalized spacial score (nSPS) is 12.5. The second-order valence-corrected chi connectivity index (χ2v) is 5.05. The monoisotopic (exact) mass is 362 g/mol. The lowest BCUT2D eigenvalue weighted by Crippen LogP contribution is -2.09. The SMILES string of the molecule is COc1ccc(C(O)c2c(Br)cnn2C)cc1OC(F)F. The van der Waals surface area contributed by atoms with Gasteiger partial charge in [0.05, 0.1) is 23.5 Å². The molecule has 0 bridgehead atoms. The first-order valence-electron chi connectivity index (χ1n) is 5.92. The topological polar surface area (TPSA) is 56.5 Å². The number of alkyl halides is 2. The number of methoxy groups -OCH3 is 1. The highest BCUT2D eigenvalue weighted by molar-refractivity contribution is 9.10. The first-order chi connectivity index (χ1) is 9.93. The minimum absolute atomic E-state index is 0.137. The molecule has 5 nitrogen and oxygen atoms in total. The molecular formula is C13H13BrF2N2O3. The van der Waals surface area contributed by atoms with Gasteiger partial charge in [-0.2, -0.15) is 13.9 Å². The molecule has 0 saturated carbocycles. The van der Waals surface area contributed by atoms with Crippen molar-refractivity contribution >= 4 is 15.9 Å². The zero-order valence-electron chi connectivity index (χ0n) is 11.3. The van der Waals surface area contributed by atoms with Crippen LogP contribution in [0.5, 0.6) is 11.5 Å². The molecule has 0 amide bonds. The van der Waals surface area contributed by atoms with E-state index in [4.69, 9.17) is 4.74 Å². The zero-order chi connectivity index (χ0) is 15.6. The summed E-state index contributed by atoms with van der Waals surface area (Å²) < 4.78 is 36.3. The van der Waals surface area contributed by atoms with E-state index in [1.165, 1.54) is 23.9 Å². The van der Waals surface area contributed by atoms with Crippen molar-refractivity contribution in [1.29, 1.82) is 0 Å². The van der Waals surface area contributed by atoms with Crippen molar-refractivity contribution in [2.24, 2.45) is 7.05 Å². The maximum Gasteiger partial charge on any atom is 0.387 e. The average molecular weight is 363 g/mol. The molecule has 0 fully saturated rings. The number of nitrogens with zero attached hydrogens (tertiary/aromatic N) is 2. The molecule has 21 heavy (non-hydrogen) atoms. The van der Waals surface area contributed by atoms with E-state index < -0.39 is 12.7 Å². The summed E-state index contributed by atoms with van der Waals surface area (Å²) in [5.41, 5.74) is 0.888. The minimum Gasteiger partial charge on any atom is -0.493 e. The smallest absolute Gasteiger partial charge is 0.387 e. The fourth-order valence-electron chi connectivity index (χ4n) is 1.94. The van der Waals surface area contributed by atoms with E-state index in [1.54, 1.807) is 19.3 Å². The Hall–Kier alpha value is -1.67. The van der Waals surface area contributed by atoms with Gasteiger partial charge in [0.15, 0.2) is 11.5 Å². The van der Waals surface area contributed by atoms with Crippen molar-refractivity contribution in [3.8, 4) is 11.5 Å². The second kappa shape index (κ2) is 6.40. The number of aryl methyl sites for hydroxylation is 1. The predicted molar refractivity (Wildman–Crippen MR) is 74.6 cm³/mol. The Morgan fingerprint density at radius 1 is 1.33 bits per heavy atom. The summed E-state index contributed by atoms with van der Waals surface area (Å²) in [7, 11) is 3.02. The summed E-state index contributed by atoms with van der Waals surface area (Å²) in [6.45, 7) is -2.98. The van der Waals surface area contributed by atoms with Crippen LogP contribution < -0.4 is 9.47 Å². The van der Waals surface area contributed by atoms with Crippen molar-refractivity contribution in [3.63, 3.8) is 0 Å². The van der Waals surface area contributed by atoms with Crippen molar-refractivity contribution < 1.29 is 23.4 Å². The molecule has 2 rings (SSSR count). The van der Waals surface area contributed by atoms with Gasteiger partial charge in [0.25, 0.3) is 0 Å². The van der Waals surface area contributed by atoms with Gasteiger partial charge in [0.1, 0.15) is 6.10 Å². The van der Waals surface area contributed by atoms with Crippen LogP contribution in [0.4, 0.5) is 8.78 Å². The summed E-state index contributed by atoms with van der Waals surface area (Å²) in [6.07, 6.45) is 0.497. The van der Waals surface area contributed by atoms with Gasteiger partial charge in [-0.15, -0.1) is 0 Å². The molecule has 1 unspecified atom stereocenters. The van der Waals surface area contributed by atoms with Crippen LogP contribution in [0.2, 0.25) is 0 Å². The Morgan fingerprint density at radius 2 is 2.05 bits per heavy atom. The molecule has 0 aliphatic carbocycles. The van der Waals surface area contributed by atoms with E-state index in [-0.39, 0.29) is 11.5 Å². The maximum absolute atomic E-state index is 12.4. The number of ether oxygens (including phenoxy) is 2. The quantitative estimate of drug-likeness (QED) is 0.888. The van der Waals surface area contributed by atoms with Crippen LogP contribution >= 0.6 is 15.9 Å².